The Morgan fingerprint density at radius 3 is 2.53 bits per heavy atom. The fourth-order valence-electron chi connectivity index (χ4n) is 5.91. The van der Waals surface area contributed by atoms with Crippen LogP contribution >= 0.6 is 11.8 Å². The number of hydrogen-bond donors (Lipinski definition) is 2. The number of hydrogen-bond acceptors (Lipinski definition) is 4. The quantitative estimate of drug-likeness (QED) is 0.333. The Morgan fingerprint density at radius 1 is 1.08 bits per heavy atom. The number of rotatable bonds is 6. The summed E-state index contributed by atoms with van der Waals surface area (Å²) >= 11 is 1.36. The van der Waals surface area contributed by atoms with Gasteiger partial charge in [-0.1, -0.05) is 82.1 Å². The van der Waals surface area contributed by atoms with Crippen molar-refractivity contribution < 1.29 is 14.6 Å². The van der Waals surface area contributed by atoms with Crippen LogP contribution in [0.2, 0.25) is 0 Å². The molecule has 2 N–H and O–H groups in total. The predicted octanol–water partition coefficient (Wildman–Crippen LogP) is 8.23. The molecule has 1 fully saturated rings. The van der Waals surface area contributed by atoms with Crippen LogP contribution in [0.4, 0.5) is 0 Å². The zero-order valence-electron chi connectivity index (χ0n) is 21.6. The summed E-state index contributed by atoms with van der Waals surface area (Å²) in [5, 5.41) is 12.5. The molecule has 0 spiro atoms. The molecule has 0 radical (unpaired) electrons. The van der Waals surface area contributed by atoms with Gasteiger partial charge in [-0.3, -0.25) is 0 Å². The number of aromatic nitrogens is 1. The topological polar surface area (TPSA) is 62.3 Å². The van der Waals surface area contributed by atoms with E-state index in [2.05, 4.69) is 62.2 Å². The van der Waals surface area contributed by atoms with Crippen LogP contribution in [0.5, 0.6) is 0 Å². The van der Waals surface area contributed by atoms with Crippen LogP contribution in [-0.4, -0.2) is 21.7 Å². The normalized spacial score (nSPS) is 21.7. The van der Waals surface area contributed by atoms with Gasteiger partial charge < -0.3 is 14.8 Å². The number of fused-ring (bicyclic) bond motifs is 1. The van der Waals surface area contributed by atoms with Crippen LogP contribution < -0.4 is 0 Å². The Labute approximate surface area is 218 Å². The molecule has 5 heteroatoms. The lowest BCUT2D eigenvalue weighted by molar-refractivity contribution is -0.168. The van der Waals surface area contributed by atoms with Crippen molar-refractivity contribution in [1.29, 1.82) is 0 Å². The second-order valence-corrected chi connectivity index (χ2v) is 12.5. The third kappa shape index (κ3) is 5.08. The molecule has 1 unspecified atom stereocenters. The highest BCUT2D eigenvalue weighted by Gasteiger charge is 2.47. The van der Waals surface area contributed by atoms with Crippen LogP contribution in [0, 0.1) is 5.92 Å². The van der Waals surface area contributed by atoms with E-state index in [1.165, 1.54) is 23.7 Å². The van der Waals surface area contributed by atoms with Crippen molar-refractivity contribution in [3.63, 3.8) is 0 Å². The molecular formula is C31H37NO3S. The van der Waals surface area contributed by atoms with Gasteiger partial charge in [0.15, 0.2) is 0 Å². The molecule has 190 valence electrons. The monoisotopic (exact) mass is 503 g/mol. The highest BCUT2D eigenvalue weighted by molar-refractivity contribution is 8.04. The zero-order chi connectivity index (χ0) is 25.3. The number of nitrogens with one attached hydrogen (secondary N) is 1. The fourth-order valence-corrected chi connectivity index (χ4v) is 7.11. The number of benzene rings is 2. The SMILES string of the molecule is CC(C)(C)c1cc2[nH]ccc2cc1SC1=C(O)CC(CCc2ccccc2)(C2CCCCC2)OC1=O. The third-order valence-electron chi connectivity index (χ3n) is 7.91. The predicted molar refractivity (Wildman–Crippen MR) is 147 cm³/mol. The van der Waals surface area contributed by atoms with Gasteiger partial charge in [0.25, 0.3) is 0 Å². The smallest absolute Gasteiger partial charge is 0.349 e. The van der Waals surface area contributed by atoms with Gasteiger partial charge in [0.1, 0.15) is 16.3 Å². The minimum Gasteiger partial charge on any atom is -0.511 e. The molecule has 2 heterocycles. The average molecular weight is 504 g/mol. The fraction of sp³-hybridized carbons (Fsp3) is 0.452. The lowest BCUT2D eigenvalue weighted by atomic mass is 9.71. The molecule has 5 rings (SSSR count). The van der Waals surface area contributed by atoms with Gasteiger partial charge in [-0.05, 0) is 66.3 Å². The van der Waals surface area contributed by atoms with Gasteiger partial charge in [-0.2, -0.15) is 0 Å². The van der Waals surface area contributed by atoms with Crippen molar-refractivity contribution in [2.24, 2.45) is 5.92 Å². The maximum absolute atomic E-state index is 13.6. The Kier molecular flexibility index (Phi) is 6.95. The average Bonchev–Trinajstić information content (AvgIpc) is 3.33. The van der Waals surface area contributed by atoms with E-state index in [1.807, 2.05) is 18.3 Å². The molecule has 1 aliphatic heterocycles. The lowest BCUT2D eigenvalue weighted by Crippen LogP contribution is -2.47. The van der Waals surface area contributed by atoms with E-state index in [-0.39, 0.29) is 23.1 Å². The number of carbonyl (C=O) groups is 1. The molecule has 1 aliphatic carbocycles. The van der Waals surface area contributed by atoms with Gasteiger partial charge in [0.05, 0.1) is 0 Å². The summed E-state index contributed by atoms with van der Waals surface area (Å²) in [5.41, 5.74) is 2.70. The first kappa shape index (κ1) is 25.0. The highest BCUT2D eigenvalue weighted by atomic mass is 32.2. The Morgan fingerprint density at radius 2 is 1.83 bits per heavy atom. The van der Waals surface area contributed by atoms with E-state index in [1.54, 1.807) is 0 Å². The summed E-state index contributed by atoms with van der Waals surface area (Å²) in [6.45, 7) is 6.52. The van der Waals surface area contributed by atoms with Crippen molar-refractivity contribution in [2.45, 2.75) is 88.0 Å². The molecule has 4 nitrogen and oxygen atoms in total. The summed E-state index contributed by atoms with van der Waals surface area (Å²) in [5.74, 6) is 0.0919. The zero-order valence-corrected chi connectivity index (χ0v) is 22.4. The first-order chi connectivity index (χ1) is 17.2. The van der Waals surface area contributed by atoms with E-state index >= 15 is 0 Å². The summed E-state index contributed by atoms with van der Waals surface area (Å²) in [7, 11) is 0. The minimum atomic E-state index is -0.640. The number of aliphatic hydroxyl groups is 1. The Balaban J connectivity index is 1.47. The number of thioether (sulfide) groups is 1. The molecule has 3 aromatic rings. The minimum absolute atomic E-state index is 0.113. The number of aryl methyl sites for hydroxylation is 1. The number of ether oxygens (including phenoxy) is 1. The molecule has 2 aliphatic rings. The van der Waals surface area contributed by atoms with E-state index in [9.17, 15) is 9.90 Å². The van der Waals surface area contributed by atoms with E-state index in [0.717, 1.165) is 59.9 Å². The molecule has 1 aromatic heterocycles. The molecule has 0 amide bonds. The van der Waals surface area contributed by atoms with Crippen LogP contribution in [0.15, 0.2) is 70.3 Å². The van der Waals surface area contributed by atoms with Crippen molar-refractivity contribution in [1.82, 2.24) is 4.98 Å². The third-order valence-corrected chi connectivity index (χ3v) is 9.08. The molecule has 0 saturated heterocycles. The standard InChI is InChI=1S/C31H37NO3S/c1-30(2,3)24-19-25-22(15-17-32-25)18-27(24)36-28-26(33)20-31(35-29(28)34,23-12-8-5-9-13-23)16-14-21-10-6-4-7-11-21/h4,6-7,10-11,15,17-19,23,32-33H,5,8-9,12-14,16,20H2,1-3H3. The van der Waals surface area contributed by atoms with E-state index in [0.29, 0.717) is 11.3 Å². The van der Waals surface area contributed by atoms with Crippen LogP contribution in [0.3, 0.4) is 0 Å². The second-order valence-electron chi connectivity index (χ2n) is 11.5. The maximum Gasteiger partial charge on any atom is 0.349 e. The Bertz CT molecular complexity index is 1260. The van der Waals surface area contributed by atoms with Crippen LogP contribution in [0.1, 0.15) is 76.8 Å². The van der Waals surface area contributed by atoms with Gasteiger partial charge in [0, 0.05) is 28.4 Å². The highest BCUT2D eigenvalue weighted by Crippen LogP contribution is 2.48. The number of cyclic esters (lactones) is 1. The summed E-state index contributed by atoms with van der Waals surface area (Å²) in [4.78, 5) is 18.2. The van der Waals surface area contributed by atoms with Crippen molar-refractivity contribution in [3.8, 4) is 0 Å². The van der Waals surface area contributed by atoms with Gasteiger partial charge >= 0.3 is 5.97 Å². The molecule has 1 atom stereocenters. The Hall–Kier alpha value is -2.66. The number of aliphatic hydroxyl groups excluding tert-OH is 1. The molecule has 0 bridgehead atoms. The number of esters is 1. The van der Waals surface area contributed by atoms with Gasteiger partial charge in [-0.15, -0.1) is 0 Å². The summed E-state index contributed by atoms with van der Waals surface area (Å²) < 4.78 is 6.40. The van der Waals surface area contributed by atoms with Gasteiger partial charge in [0.2, 0.25) is 0 Å². The van der Waals surface area contributed by atoms with E-state index in [4.69, 9.17) is 4.74 Å². The largest absolute Gasteiger partial charge is 0.511 e. The molecule has 36 heavy (non-hydrogen) atoms. The van der Waals surface area contributed by atoms with Crippen molar-refractivity contribution in [2.75, 3.05) is 0 Å². The second kappa shape index (κ2) is 10.0. The molecule has 2 aromatic carbocycles. The number of carbonyl (C=O) groups excluding carboxylic acids is 1. The maximum atomic E-state index is 13.6. The van der Waals surface area contributed by atoms with Crippen LogP contribution in [-0.2, 0) is 21.4 Å². The number of aromatic amines is 1. The van der Waals surface area contributed by atoms with E-state index < -0.39 is 5.60 Å². The lowest BCUT2D eigenvalue weighted by Gasteiger charge is -2.44. The molecular weight excluding hydrogens is 466 g/mol. The first-order valence-corrected chi connectivity index (χ1v) is 14.1. The first-order valence-electron chi connectivity index (χ1n) is 13.2. The van der Waals surface area contributed by atoms with Crippen LogP contribution in [0.25, 0.3) is 10.9 Å². The number of H-pyrrole nitrogens is 1. The summed E-state index contributed by atoms with van der Waals surface area (Å²) in [6, 6.07) is 16.7. The molecule has 1 saturated carbocycles. The summed E-state index contributed by atoms with van der Waals surface area (Å²) in [6.07, 6.45) is 9.56. The van der Waals surface area contributed by atoms with Crippen molar-refractivity contribution in [3.05, 3.63) is 76.5 Å². The van der Waals surface area contributed by atoms with Gasteiger partial charge in [-0.25, -0.2) is 4.79 Å². The van der Waals surface area contributed by atoms with Crippen molar-refractivity contribution >= 4 is 28.6 Å².